The van der Waals surface area contributed by atoms with Gasteiger partial charge in [-0.25, -0.2) is 0 Å². The van der Waals surface area contributed by atoms with Crippen molar-refractivity contribution < 1.29 is 9.59 Å². The summed E-state index contributed by atoms with van der Waals surface area (Å²) in [5, 5.41) is 3.47. The van der Waals surface area contributed by atoms with E-state index < -0.39 is 0 Å². The molecule has 3 nitrogen and oxygen atoms in total. The van der Waals surface area contributed by atoms with Crippen LogP contribution in [0.3, 0.4) is 0 Å². The minimum absolute atomic E-state index is 0.0231. The zero-order valence-electron chi connectivity index (χ0n) is 11.6. The van der Waals surface area contributed by atoms with E-state index in [-0.39, 0.29) is 11.7 Å². The van der Waals surface area contributed by atoms with E-state index in [1.807, 2.05) is 13.0 Å². The van der Waals surface area contributed by atoms with Gasteiger partial charge in [-0.05, 0) is 60.9 Å². The van der Waals surface area contributed by atoms with E-state index >= 15 is 0 Å². The standard InChI is InChI=1S/C17H14ClNO2/c1-10-8-12(2-5-14(10)18)17(21)13-3-6-15-11(9-13)4-7-16(20)19-15/h2-3,5-6,8-9H,4,7H2,1H3,(H,19,20). The zero-order chi connectivity index (χ0) is 15.0. The van der Waals surface area contributed by atoms with Crippen molar-refractivity contribution in [1.82, 2.24) is 0 Å². The molecule has 2 aromatic rings. The predicted molar refractivity (Wildman–Crippen MR) is 83.0 cm³/mol. The van der Waals surface area contributed by atoms with E-state index in [9.17, 15) is 9.59 Å². The molecule has 1 aliphatic rings. The molecule has 4 heteroatoms. The first-order valence-corrected chi connectivity index (χ1v) is 7.16. The predicted octanol–water partition coefficient (Wildman–Crippen LogP) is 3.76. The Morgan fingerprint density at radius 1 is 1.10 bits per heavy atom. The van der Waals surface area contributed by atoms with Crippen LogP contribution in [0.5, 0.6) is 0 Å². The van der Waals surface area contributed by atoms with E-state index in [1.54, 1.807) is 30.3 Å². The third-order valence-corrected chi connectivity index (χ3v) is 4.11. The fourth-order valence-electron chi connectivity index (χ4n) is 2.48. The van der Waals surface area contributed by atoms with Crippen LogP contribution in [0.4, 0.5) is 5.69 Å². The number of aryl methyl sites for hydroxylation is 2. The molecule has 1 aliphatic heterocycles. The second-order valence-corrected chi connectivity index (χ2v) is 5.62. The Bertz CT molecular complexity index is 752. The van der Waals surface area contributed by atoms with E-state index in [0.717, 1.165) is 16.8 Å². The summed E-state index contributed by atoms with van der Waals surface area (Å²) < 4.78 is 0. The first kappa shape index (κ1) is 13.8. The maximum absolute atomic E-state index is 12.5. The van der Waals surface area contributed by atoms with Crippen LogP contribution < -0.4 is 5.32 Å². The quantitative estimate of drug-likeness (QED) is 0.858. The number of carbonyl (C=O) groups excluding carboxylic acids is 2. The first-order chi connectivity index (χ1) is 10.0. The molecular weight excluding hydrogens is 286 g/mol. The van der Waals surface area contributed by atoms with Gasteiger partial charge in [0.25, 0.3) is 0 Å². The largest absolute Gasteiger partial charge is 0.326 e. The van der Waals surface area contributed by atoms with Crippen LogP contribution >= 0.6 is 11.6 Å². The maximum Gasteiger partial charge on any atom is 0.224 e. The molecule has 106 valence electrons. The molecule has 0 atom stereocenters. The SMILES string of the molecule is Cc1cc(C(=O)c2ccc3c(c2)CCC(=O)N3)ccc1Cl. The highest BCUT2D eigenvalue weighted by Crippen LogP contribution is 2.25. The van der Waals surface area contributed by atoms with E-state index in [1.165, 1.54) is 0 Å². The minimum Gasteiger partial charge on any atom is -0.326 e. The Kier molecular flexibility index (Phi) is 3.52. The van der Waals surface area contributed by atoms with Gasteiger partial charge in [-0.3, -0.25) is 9.59 Å². The molecule has 0 saturated heterocycles. The Morgan fingerprint density at radius 2 is 1.81 bits per heavy atom. The van der Waals surface area contributed by atoms with Gasteiger partial charge in [0.2, 0.25) is 5.91 Å². The van der Waals surface area contributed by atoms with Crippen LogP contribution in [-0.2, 0) is 11.2 Å². The van der Waals surface area contributed by atoms with Crippen molar-refractivity contribution in [3.8, 4) is 0 Å². The highest BCUT2D eigenvalue weighted by atomic mass is 35.5. The lowest BCUT2D eigenvalue weighted by Gasteiger charge is -2.17. The molecule has 0 spiro atoms. The van der Waals surface area contributed by atoms with Gasteiger partial charge in [0, 0.05) is 28.3 Å². The number of anilines is 1. The lowest BCUT2D eigenvalue weighted by Crippen LogP contribution is -2.19. The molecule has 0 bridgehead atoms. The summed E-state index contributed by atoms with van der Waals surface area (Å²) in [4.78, 5) is 23.9. The van der Waals surface area contributed by atoms with Gasteiger partial charge < -0.3 is 5.32 Å². The summed E-state index contributed by atoms with van der Waals surface area (Å²) in [6.07, 6.45) is 1.13. The van der Waals surface area contributed by atoms with Crippen molar-refractivity contribution in [2.45, 2.75) is 19.8 Å². The van der Waals surface area contributed by atoms with Crippen molar-refractivity contribution in [2.75, 3.05) is 5.32 Å². The molecule has 21 heavy (non-hydrogen) atoms. The van der Waals surface area contributed by atoms with Gasteiger partial charge in [0.1, 0.15) is 0 Å². The monoisotopic (exact) mass is 299 g/mol. The summed E-state index contributed by atoms with van der Waals surface area (Å²) in [5.41, 5.74) is 3.94. The molecule has 1 N–H and O–H groups in total. The van der Waals surface area contributed by atoms with Gasteiger partial charge in [0.15, 0.2) is 5.78 Å². The molecule has 0 fully saturated rings. The van der Waals surface area contributed by atoms with Crippen molar-refractivity contribution >= 4 is 29.0 Å². The average Bonchev–Trinajstić information content (AvgIpc) is 2.49. The van der Waals surface area contributed by atoms with Crippen LogP contribution in [0, 0.1) is 6.92 Å². The van der Waals surface area contributed by atoms with Crippen molar-refractivity contribution in [1.29, 1.82) is 0 Å². The van der Waals surface area contributed by atoms with E-state index in [4.69, 9.17) is 11.6 Å². The number of ketones is 1. The van der Waals surface area contributed by atoms with Gasteiger partial charge >= 0.3 is 0 Å². The van der Waals surface area contributed by atoms with Crippen LogP contribution in [0.2, 0.25) is 5.02 Å². The lowest BCUT2D eigenvalue weighted by atomic mass is 9.96. The van der Waals surface area contributed by atoms with Gasteiger partial charge in [-0.2, -0.15) is 0 Å². The van der Waals surface area contributed by atoms with E-state index in [0.29, 0.717) is 29.0 Å². The summed E-state index contributed by atoms with van der Waals surface area (Å²) in [7, 11) is 0. The number of hydrogen-bond donors (Lipinski definition) is 1. The molecule has 1 amide bonds. The fourth-order valence-corrected chi connectivity index (χ4v) is 2.59. The molecule has 0 radical (unpaired) electrons. The highest BCUT2D eigenvalue weighted by Gasteiger charge is 2.17. The van der Waals surface area contributed by atoms with Gasteiger partial charge in [-0.15, -0.1) is 0 Å². The zero-order valence-corrected chi connectivity index (χ0v) is 12.3. The Morgan fingerprint density at radius 3 is 2.57 bits per heavy atom. The Hall–Kier alpha value is -2.13. The number of benzene rings is 2. The normalized spacial score (nSPS) is 13.5. The van der Waals surface area contributed by atoms with Gasteiger partial charge in [-0.1, -0.05) is 11.6 Å². The number of carbonyl (C=O) groups is 2. The van der Waals surface area contributed by atoms with Crippen LogP contribution in [0.1, 0.15) is 33.5 Å². The van der Waals surface area contributed by atoms with Crippen LogP contribution in [-0.4, -0.2) is 11.7 Å². The number of rotatable bonds is 2. The van der Waals surface area contributed by atoms with Gasteiger partial charge in [0.05, 0.1) is 0 Å². The third kappa shape index (κ3) is 2.69. The number of nitrogens with one attached hydrogen (secondary N) is 1. The maximum atomic E-state index is 12.5. The smallest absolute Gasteiger partial charge is 0.224 e. The van der Waals surface area contributed by atoms with Crippen LogP contribution in [0.15, 0.2) is 36.4 Å². The number of fused-ring (bicyclic) bond motifs is 1. The molecule has 2 aromatic carbocycles. The van der Waals surface area contributed by atoms with Crippen molar-refractivity contribution in [2.24, 2.45) is 0 Å². The fraction of sp³-hybridized carbons (Fsp3) is 0.176. The lowest BCUT2D eigenvalue weighted by molar-refractivity contribution is -0.116. The van der Waals surface area contributed by atoms with Crippen molar-refractivity contribution in [3.63, 3.8) is 0 Å². The Labute approximate surface area is 127 Å². The van der Waals surface area contributed by atoms with Crippen LogP contribution in [0.25, 0.3) is 0 Å². The summed E-state index contributed by atoms with van der Waals surface area (Å²) in [6, 6.07) is 10.7. The third-order valence-electron chi connectivity index (χ3n) is 3.68. The highest BCUT2D eigenvalue weighted by molar-refractivity contribution is 6.31. The topological polar surface area (TPSA) is 46.2 Å². The molecule has 0 aromatic heterocycles. The molecule has 0 saturated carbocycles. The minimum atomic E-state index is -0.0329. The molecular formula is C17H14ClNO2. The molecule has 3 rings (SSSR count). The number of amides is 1. The number of hydrogen-bond acceptors (Lipinski definition) is 2. The molecule has 0 unspecified atom stereocenters. The first-order valence-electron chi connectivity index (χ1n) is 6.78. The second-order valence-electron chi connectivity index (χ2n) is 5.21. The summed E-state index contributed by atoms with van der Waals surface area (Å²) in [5.74, 6) is -0.00984. The molecule has 1 heterocycles. The number of halogens is 1. The van der Waals surface area contributed by atoms with Crippen molar-refractivity contribution in [3.05, 3.63) is 63.7 Å². The summed E-state index contributed by atoms with van der Waals surface area (Å²) >= 11 is 5.99. The Balaban J connectivity index is 1.95. The molecule has 0 aliphatic carbocycles. The van der Waals surface area contributed by atoms with E-state index in [2.05, 4.69) is 5.32 Å². The average molecular weight is 300 g/mol. The summed E-state index contributed by atoms with van der Waals surface area (Å²) in [6.45, 7) is 1.88. The second kappa shape index (κ2) is 5.34.